The molecule has 0 radical (unpaired) electrons. The van der Waals surface area contributed by atoms with Crippen molar-refractivity contribution in [1.82, 2.24) is 4.98 Å². The number of carbonyl (C=O) groups excluding carboxylic acids is 2. The van der Waals surface area contributed by atoms with Crippen molar-refractivity contribution in [2.24, 2.45) is 5.92 Å². The Labute approximate surface area is 155 Å². The predicted octanol–water partition coefficient (Wildman–Crippen LogP) is 4.41. The third-order valence-corrected chi connectivity index (χ3v) is 5.01. The summed E-state index contributed by atoms with van der Waals surface area (Å²) in [7, 11) is 0. The Morgan fingerprint density at radius 1 is 0.923 bits per heavy atom. The Morgan fingerprint density at radius 3 is 2.23 bits per heavy atom. The standard InChI is InChI=1S/C20H17N3O2S/c24-18(13-6-7-13)21-15-8-10-16(11-9-15)22-19(25)17-12-26-20(23-17)14-4-2-1-3-5-14/h1-5,8-13H,6-7H2,(H,21,24)(H,22,25). The van der Waals surface area contributed by atoms with E-state index in [0.717, 1.165) is 29.1 Å². The van der Waals surface area contributed by atoms with Gasteiger partial charge in [-0.05, 0) is 37.1 Å². The first kappa shape index (κ1) is 16.5. The first-order chi connectivity index (χ1) is 12.7. The molecule has 2 aromatic carbocycles. The van der Waals surface area contributed by atoms with Crippen LogP contribution in [0.4, 0.5) is 11.4 Å². The molecule has 1 fully saturated rings. The molecule has 1 aromatic heterocycles. The van der Waals surface area contributed by atoms with Crippen molar-refractivity contribution in [2.45, 2.75) is 12.8 Å². The fourth-order valence-corrected chi connectivity index (χ4v) is 3.32. The second-order valence-electron chi connectivity index (χ2n) is 6.20. The molecule has 1 aliphatic carbocycles. The Bertz CT molecular complexity index is 931. The molecule has 0 bridgehead atoms. The van der Waals surface area contributed by atoms with Crippen LogP contribution in [0.3, 0.4) is 0 Å². The summed E-state index contributed by atoms with van der Waals surface area (Å²) >= 11 is 1.44. The van der Waals surface area contributed by atoms with Crippen LogP contribution in [0.5, 0.6) is 0 Å². The summed E-state index contributed by atoms with van der Waals surface area (Å²) in [6, 6.07) is 16.9. The molecule has 3 aromatic rings. The van der Waals surface area contributed by atoms with Gasteiger partial charge in [0.05, 0.1) is 0 Å². The first-order valence-electron chi connectivity index (χ1n) is 8.42. The molecule has 26 heavy (non-hydrogen) atoms. The second kappa shape index (κ2) is 7.09. The van der Waals surface area contributed by atoms with Gasteiger partial charge in [-0.3, -0.25) is 9.59 Å². The normalized spacial score (nSPS) is 13.2. The summed E-state index contributed by atoms with van der Waals surface area (Å²) in [5.41, 5.74) is 2.78. The molecule has 0 atom stereocenters. The van der Waals surface area contributed by atoms with Crippen molar-refractivity contribution in [2.75, 3.05) is 10.6 Å². The summed E-state index contributed by atoms with van der Waals surface area (Å²) in [6.07, 6.45) is 1.94. The Hall–Kier alpha value is -2.99. The van der Waals surface area contributed by atoms with E-state index in [4.69, 9.17) is 0 Å². The van der Waals surface area contributed by atoms with Crippen molar-refractivity contribution in [1.29, 1.82) is 0 Å². The van der Waals surface area contributed by atoms with Gasteiger partial charge in [0.1, 0.15) is 10.7 Å². The average molecular weight is 363 g/mol. The third-order valence-electron chi connectivity index (χ3n) is 4.12. The number of anilines is 2. The lowest BCUT2D eigenvalue weighted by Crippen LogP contribution is -2.14. The van der Waals surface area contributed by atoms with Gasteiger partial charge in [-0.2, -0.15) is 0 Å². The molecular weight excluding hydrogens is 346 g/mol. The van der Waals surface area contributed by atoms with Gasteiger partial charge in [0, 0.05) is 28.2 Å². The number of nitrogens with zero attached hydrogens (tertiary/aromatic N) is 1. The smallest absolute Gasteiger partial charge is 0.275 e. The van der Waals surface area contributed by atoms with Crippen LogP contribution in [0, 0.1) is 5.92 Å². The van der Waals surface area contributed by atoms with Gasteiger partial charge in [0.2, 0.25) is 5.91 Å². The van der Waals surface area contributed by atoms with Crippen molar-refractivity contribution in [3.8, 4) is 10.6 Å². The minimum absolute atomic E-state index is 0.0673. The van der Waals surface area contributed by atoms with E-state index in [2.05, 4.69) is 15.6 Å². The topological polar surface area (TPSA) is 71.1 Å². The monoisotopic (exact) mass is 363 g/mol. The number of rotatable bonds is 5. The summed E-state index contributed by atoms with van der Waals surface area (Å²) in [5, 5.41) is 8.27. The van der Waals surface area contributed by atoms with E-state index < -0.39 is 0 Å². The molecule has 0 spiro atoms. The van der Waals surface area contributed by atoms with Gasteiger partial charge >= 0.3 is 0 Å². The maximum atomic E-state index is 12.4. The number of aromatic nitrogens is 1. The number of amides is 2. The number of benzene rings is 2. The molecule has 1 saturated carbocycles. The lowest BCUT2D eigenvalue weighted by molar-refractivity contribution is -0.117. The Morgan fingerprint density at radius 2 is 1.58 bits per heavy atom. The first-order valence-corrected chi connectivity index (χ1v) is 9.30. The van der Waals surface area contributed by atoms with Crippen LogP contribution in [0.15, 0.2) is 60.0 Å². The molecule has 2 N–H and O–H groups in total. The second-order valence-corrected chi connectivity index (χ2v) is 7.06. The zero-order valence-corrected chi connectivity index (χ0v) is 14.8. The highest BCUT2D eigenvalue weighted by molar-refractivity contribution is 7.13. The van der Waals surface area contributed by atoms with Gasteiger partial charge in [-0.1, -0.05) is 30.3 Å². The molecule has 0 aliphatic heterocycles. The van der Waals surface area contributed by atoms with Crippen LogP contribution in [0.2, 0.25) is 0 Å². The third kappa shape index (κ3) is 3.81. The predicted molar refractivity (Wildman–Crippen MR) is 103 cm³/mol. The largest absolute Gasteiger partial charge is 0.326 e. The molecular formula is C20H17N3O2S. The minimum Gasteiger partial charge on any atom is -0.326 e. The lowest BCUT2D eigenvalue weighted by Gasteiger charge is -2.06. The van der Waals surface area contributed by atoms with Gasteiger partial charge in [-0.25, -0.2) is 4.98 Å². The summed E-state index contributed by atoms with van der Waals surface area (Å²) in [6.45, 7) is 0. The van der Waals surface area contributed by atoms with E-state index >= 15 is 0 Å². The van der Waals surface area contributed by atoms with Crippen LogP contribution in [-0.2, 0) is 4.79 Å². The van der Waals surface area contributed by atoms with Crippen molar-refractivity contribution >= 4 is 34.5 Å². The van der Waals surface area contributed by atoms with Gasteiger partial charge in [-0.15, -0.1) is 11.3 Å². The van der Waals surface area contributed by atoms with Crippen LogP contribution >= 0.6 is 11.3 Å². The maximum absolute atomic E-state index is 12.4. The molecule has 0 unspecified atom stereocenters. The van der Waals surface area contributed by atoms with E-state index in [1.54, 1.807) is 29.6 Å². The van der Waals surface area contributed by atoms with Crippen LogP contribution in [0.25, 0.3) is 10.6 Å². The van der Waals surface area contributed by atoms with E-state index in [9.17, 15) is 9.59 Å². The fourth-order valence-electron chi connectivity index (χ4n) is 2.51. The lowest BCUT2D eigenvalue weighted by atomic mass is 10.2. The average Bonchev–Trinajstić information content (AvgIpc) is 3.41. The van der Waals surface area contributed by atoms with Crippen LogP contribution in [-0.4, -0.2) is 16.8 Å². The SMILES string of the molecule is O=C(Nc1ccc(NC(=O)C2CC2)cc1)c1csc(-c2ccccc2)n1. The maximum Gasteiger partial charge on any atom is 0.275 e. The molecule has 6 heteroatoms. The molecule has 2 amide bonds. The summed E-state index contributed by atoms with van der Waals surface area (Å²) in [5.74, 6) is -0.0197. The van der Waals surface area contributed by atoms with Crippen LogP contribution in [0.1, 0.15) is 23.3 Å². The molecule has 5 nitrogen and oxygen atoms in total. The number of carbonyl (C=O) groups is 2. The highest BCUT2D eigenvalue weighted by Crippen LogP contribution is 2.30. The summed E-state index contributed by atoms with van der Waals surface area (Å²) < 4.78 is 0. The number of nitrogens with one attached hydrogen (secondary N) is 2. The fraction of sp³-hybridized carbons (Fsp3) is 0.150. The molecule has 130 valence electrons. The Kier molecular flexibility index (Phi) is 4.50. The van der Waals surface area contributed by atoms with Crippen molar-refractivity contribution < 1.29 is 9.59 Å². The van der Waals surface area contributed by atoms with Gasteiger partial charge in [0.15, 0.2) is 0 Å². The zero-order valence-electron chi connectivity index (χ0n) is 13.9. The highest BCUT2D eigenvalue weighted by Gasteiger charge is 2.29. The minimum atomic E-state index is -0.252. The van der Waals surface area contributed by atoms with Crippen molar-refractivity contribution in [3.05, 3.63) is 65.7 Å². The number of hydrogen-bond acceptors (Lipinski definition) is 4. The number of hydrogen-bond donors (Lipinski definition) is 2. The molecule has 1 aliphatic rings. The van der Waals surface area contributed by atoms with E-state index in [1.807, 2.05) is 30.3 Å². The quantitative estimate of drug-likeness (QED) is 0.705. The van der Waals surface area contributed by atoms with Crippen molar-refractivity contribution in [3.63, 3.8) is 0 Å². The summed E-state index contributed by atoms with van der Waals surface area (Å²) in [4.78, 5) is 28.5. The number of thiazole rings is 1. The Balaban J connectivity index is 1.40. The molecule has 0 saturated heterocycles. The zero-order chi connectivity index (χ0) is 17.9. The molecule has 4 rings (SSSR count). The van der Waals surface area contributed by atoms with Gasteiger partial charge in [0.25, 0.3) is 5.91 Å². The van der Waals surface area contributed by atoms with E-state index in [-0.39, 0.29) is 17.7 Å². The highest BCUT2D eigenvalue weighted by atomic mass is 32.1. The molecule has 1 heterocycles. The van der Waals surface area contributed by atoms with Gasteiger partial charge < -0.3 is 10.6 Å². The van der Waals surface area contributed by atoms with E-state index in [0.29, 0.717) is 11.4 Å². The van der Waals surface area contributed by atoms with Crippen LogP contribution < -0.4 is 10.6 Å². The van der Waals surface area contributed by atoms with E-state index in [1.165, 1.54) is 11.3 Å².